The molecule has 0 bridgehead atoms. The standard InChI is InChI=1S/C55H25F18N3/c56-50(57,58)30-11-16-33(41(22-30)53(65,66)67)27-9-14-38-36-5-1-3-7-44(36)75(46(38)19-27)48-21-29(26-74)40(35-18-13-32(52(62,63)64)24-43(35)55(71,72)73)25-49(48)76-45-8-4-2-6-37(45)39-15-10-28(20-47(39)76)34-17-12-31(51(59,60)61)23-42(34)54(68,69)70/h1-25H. The molecule has 0 N–H and O–H groups in total. The Morgan fingerprint density at radius 1 is 0.303 bits per heavy atom. The first-order chi connectivity index (χ1) is 35.4. The van der Waals surface area contributed by atoms with Crippen LogP contribution in [-0.2, 0) is 37.1 Å². The van der Waals surface area contributed by atoms with Gasteiger partial charge in [-0.25, -0.2) is 0 Å². The minimum Gasteiger partial charge on any atom is -0.307 e. The fraction of sp³-hybridized carbons (Fsp3) is 0.109. The van der Waals surface area contributed by atoms with Crippen molar-refractivity contribution >= 4 is 43.6 Å². The van der Waals surface area contributed by atoms with Crippen molar-refractivity contribution in [2.24, 2.45) is 0 Å². The van der Waals surface area contributed by atoms with Crippen LogP contribution in [0.3, 0.4) is 0 Å². The van der Waals surface area contributed by atoms with E-state index in [4.69, 9.17) is 0 Å². The molecular formula is C55H25F18N3. The molecule has 0 fully saturated rings. The monoisotopic (exact) mass is 1070 g/mol. The van der Waals surface area contributed by atoms with Crippen molar-refractivity contribution in [1.82, 2.24) is 9.13 Å². The third-order valence-corrected chi connectivity index (χ3v) is 12.9. The van der Waals surface area contributed by atoms with E-state index >= 15 is 13.2 Å². The molecule has 2 aromatic heterocycles. The van der Waals surface area contributed by atoms with Crippen LogP contribution >= 0.6 is 0 Å². The van der Waals surface area contributed by atoms with Gasteiger partial charge in [-0.2, -0.15) is 84.3 Å². The molecule has 0 unspecified atom stereocenters. The molecule has 8 aromatic carbocycles. The average molecular weight is 1070 g/mol. The summed E-state index contributed by atoms with van der Waals surface area (Å²) in [6.45, 7) is 0. The second kappa shape index (κ2) is 17.3. The number of halogens is 18. The van der Waals surface area contributed by atoms with E-state index < -0.39 is 98.3 Å². The number of benzene rings is 8. The van der Waals surface area contributed by atoms with Crippen molar-refractivity contribution in [3.63, 3.8) is 0 Å². The summed E-state index contributed by atoms with van der Waals surface area (Å²) in [6, 6.07) is 26.1. The maximum absolute atomic E-state index is 15.0. The first-order valence-corrected chi connectivity index (χ1v) is 22.0. The van der Waals surface area contributed by atoms with Crippen LogP contribution in [0, 0.1) is 11.3 Å². The summed E-state index contributed by atoms with van der Waals surface area (Å²) in [5, 5.41) is 12.0. The molecule has 10 rings (SSSR count). The van der Waals surface area contributed by atoms with Gasteiger partial charge in [-0.3, -0.25) is 0 Å². The van der Waals surface area contributed by atoms with Gasteiger partial charge in [0.1, 0.15) is 0 Å². The molecule has 10 aromatic rings. The Morgan fingerprint density at radius 2 is 0.645 bits per heavy atom. The Hall–Kier alpha value is -8.41. The lowest BCUT2D eigenvalue weighted by Crippen LogP contribution is -2.13. The summed E-state index contributed by atoms with van der Waals surface area (Å²) in [5.41, 5.74) is -14.6. The number of hydrogen-bond acceptors (Lipinski definition) is 1. The largest absolute Gasteiger partial charge is 0.417 e. The number of alkyl halides is 18. The van der Waals surface area contributed by atoms with Crippen molar-refractivity contribution in [3.05, 3.63) is 191 Å². The minimum atomic E-state index is -5.52. The molecule has 2 heterocycles. The van der Waals surface area contributed by atoms with Crippen LogP contribution in [0.1, 0.15) is 38.9 Å². The van der Waals surface area contributed by atoms with Crippen LogP contribution in [-0.4, -0.2) is 9.13 Å². The Balaban J connectivity index is 1.36. The quantitative estimate of drug-likeness (QED) is 0.158. The molecule has 386 valence electrons. The number of nitrogens with zero attached hydrogens (tertiary/aromatic N) is 3. The highest BCUT2D eigenvalue weighted by Crippen LogP contribution is 2.49. The summed E-state index contributed by atoms with van der Waals surface area (Å²) < 4.78 is 261. The summed E-state index contributed by atoms with van der Waals surface area (Å²) >= 11 is 0. The molecule has 0 saturated heterocycles. The number of hydrogen-bond donors (Lipinski definition) is 0. The molecule has 0 aliphatic heterocycles. The zero-order valence-electron chi connectivity index (χ0n) is 37.6. The van der Waals surface area contributed by atoms with Crippen LogP contribution in [0.4, 0.5) is 79.0 Å². The van der Waals surface area contributed by atoms with Gasteiger partial charge in [0.25, 0.3) is 0 Å². The van der Waals surface area contributed by atoms with E-state index in [-0.39, 0.29) is 73.5 Å². The Kier molecular flexibility index (Phi) is 11.6. The van der Waals surface area contributed by atoms with E-state index in [1.54, 1.807) is 30.3 Å². The van der Waals surface area contributed by atoms with Gasteiger partial charge in [0.2, 0.25) is 0 Å². The molecule has 76 heavy (non-hydrogen) atoms. The molecule has 0 atom stereocenters. The second-order valence-electron chi connectivity index (χ2n) is 17.4. The summed E-state index contributed by atoms with van der Waals surface area (Å²) in [6.07, 6.45) is -31.9. The van der Waals surface area contributed by atoms with Crippen LogP contribution in [0.2, 0.25) is 0 Å². The van der Waals surface area contributed by atoms with Crippen molar-refractivity contribution < 1.29 is 79.0 Å². The molecular weight excluding hydrogens is 1040 g/mol. The lowest BCUT2D eigenvalue weighted by atomic mass is 9.92. The van der Waals surface area contributed by atoms with E-state index in [1.165, 1.54) is 63.7 Å². The van der Waals surface area contributed by atoms with Gasteiger partial charge < -0.3 is 9.13 Å². The molecule has 0 saturated carbocycles. The number of para-hydroxylation sites is 2. The summed E-state index contributed by atoms with van der Waals surface area (Å²) in [5.74, 6) is 0. The molecule has 0 amide bonds. The van der Waals surface area contributed by atoms with E-state index in [0.29, 0.717) is 47.2 Å². The summed E-state index contributed by atoms with van der Waals surface area (Å²) in [7, 11) is 0. The zero-order chi connectivity index (χ0) is 54.8. The minimum absolute atomic E-state index is 0.0175. The van der Waals surface area contributed by atoms with Gasteiger partial charge in [0.15, 0.2) is 0 Å². The van der Waals surface area contributed by atoms with E-state index in [0.717, 1.165) is 18.2 Å². The van der Waals surface area contributed by atoms with E-state index in [2.05, 4.69) is 0 Å². The first kappa shape index (κ1) is 51.1. The Morgan fingerprint density at radius 3 is 1.01 bits per heavy atom. The topological polar surface area (TPSA) is 33.6 Å². The maximum atomic E-state index is 15.0. The lowest BCUT2D eigenvalue weighted by Gasteiger charge is -2.22. The van der Waals surface area contributed by atoms with Gasteiger partial charge in [-0.15, -0.1) is 0 Å². The maximum Gasteiger partial charge on any atom is 0.417 e. The predicted molar refractivity (Wildman–Crippen MR) is 246 cm³/mol. The second-order valence-corrected chi connectivity index (χ2v) is 17.4. The van der Waals surface area contributed by atoms with Crippen molar-refractivity contribution in [1.29, 1.82) is 5.26 Å². The SMILES string of the molecule is N#Cc1cc(-n2c3ccccc3c3ccc(-c4ccc(C(F)(F)F)cc4C(F)(F)F)cc32)c(-n2c3ccccc3c3ccc(-c4ccc(C(F)(F)F)cc4C(F)(F)F)cc32)cc1-c1ccc(C(F)(F)F)cc1C(F)(F)F. The van der Waals surface area contributed by atoms with Gasteiger partial charge in [-0.05, 0) is 101 Å². The third kappa shape index (κ3) is 8.77. The van der Waals surface area contributed by atoms with Gasteiger partial charge in [0.05, 0.1) is 78.5 Å². The van der Waals surface area contributed by atoms with Crippen LogP contribution in [0.5, 0.6) is 0 Å². The average Bonchev–Trinajstić information content (AvgIpc) is 3.86. The van der Waals surface area contributed by atoms with Gasteiger partial charge in [0, 0.05) is 27.1 Å². The number of aromatic nitrogens is 2. The first-order valence-electron chi connectivity index (χ1n) is 22.0. The fourth-order valence-electron chi connectivity index (χ4n) is 9.65. The molecule has 0 aliphatic rings. The normalized spacial score (nSPS) is 13.1. The molecule has 3 nitrogen and oxygen atoms in total. The fourth-order valence-corrected chi connectivity index (χ4v) is 9.65. The third-order valence-electron chi connectivity index (χ3n) is 12.9. The molecule has 0 aliphatic carbocycles. The van der Waals surface area contributed by atoms with Crippen molar-refractivity contribution in [2.75, 3.05) is 0 Å². The van der Waals surface area contributed by atoms with Gasteiger partial charge in [-0.1, -0.05) is 78.9 Å². The number of rotatable bonds is 5. The molecule has 0 spiro atoms. The van der Waals surface area contributed by atoms with Crippen LogP contribution < -0.4 is 0 Å². The number of fused-ring (bicyclic) bond motifs is 6. The van der Waals surface area contributed by atoms with Crippen molar-refractivity contribution in [2.45, 2.75) is 37.1 Å². The highest BCUT2D eigenvalue weighted by atomic mass is 19.4. The van der Waals surface area contributed by atoms with E-state index in [1.807, 2.05) is 0 Å². The Bertz CT molecular complexity index is 4040. The Labute approximate surface area is 414 Å². The van der Waals surface area contributed by atoms with Crippen molar-refractivity contribution in [3.8, 4) is 50.8 Å². The lowest BCUT2D eigenvalue weighted by molar-refractivity contribution is -0.144. The molecule has 0 radical (unpaired) electrons. The van der Waals surface area contributed by atoms with Crippen LogP contribution in [0.15, 0.2) is 152 Å². The zero-order valence-corrected chi connectivity index (χ0v) is 37.6. The highest BCUT2D eigenvalue weighted by Gasteiger charge is 2.42. The van der Waals surface area contributed by atoms with Crippen LogP contribution in [0.25, 0.3) is 88.4 Å². The summed E-state index contributed by atoms with van der Waals surface area (Å²) in [4.78, 5) is 0. The van der Waals surface area contributed by atoms with Gasteiger partial charge >= 0.3 is 37.1 Å². The molecule has 21 heteroatoms. The number of nitriles is 1. The predicted octanol–water partition coefficient (Wildman–Crippen LogP) is 18.9. The highest BCUT2D eigenvalue weighted by molar-refractivity contribution is 6.13. The smallest absolute Gasteiger partial charge is 0.307 e. The van der Waals surface area contributed by atoms with E-state index in [9.17, 15) is 71.1 Å².